The van der Waals surface area contributed by atoms with Gasteiger partial charge >= 0.3 is 0 Å². The molecule has 0 saturated heterocycles. The predicted octanol–water partition coefficient (Wildman–Crippen LogP) is 4.63. The van der Waals surface area contributed by atoms with Gasteiger partial charge in [0.05, 0.1) is 0 Å². The number of rotatable bonds is 4. The molecule has 0 aliphatic rings. The maximum Gasteiger partial charge on any atom is 0.00847 e. The van der Waals surface area contributed by atoms with E-state index in [1.165, 1.54) is 22.3 Å². The van der Waals surface area contributed by atoms with Crippen LogP contribution in [0.2, 0.25) is 0 Å². The van der Waals surface area contributed by atoms with Crippen LogP contribution in [0, 0.1) is 0 Å². The summed E-state index contributed by atoms with van der Waals surface area (Å²) in [5.74, 6) is 0. The maximum absolute atomic E-state index is 5.98. The van der Waals surface area contributed by atoms with Gasteiger partial charge in [-0.3, -0.25) is 0 Å². The molecule has 2 aromatic carbocycles. The lowest BCUT2D eigenvalue weighted by Gasteiger charge is -2.15. The van der Waals surface area contributed by atoms with Gasteiger partial charge in [-0.1, -0.05) is 61.2 Å². The Labute approximate surface area is 121 Å². The molecule has 0 bridgehead atoms. The van der Waals surface area contributed by atoms with E-state index in [0.717, 1.165) is 17.7 Å². The lowest BCUT2D eigenvalue weighted by Crippen LogP contribution is -2.01. The highest BCUT2D eigenvalue weighted by molar-refractivity contribution is 5.73. The summed E-state index contributed by atoms with van der Waals surface area (Å²) in [5, 5.41) is 0. The number of nitrogens with two attached hydrogens (primary N) is 1. The van der Waals surface area contributed by atoms with Gasteiger partial charge in [-0.25, -0.2) is 0 Å². The van der Waals surface area contributed by atoms with Crippen molar-refractivity contribution in [1.82, 2.24) is 0 Å². The number of hydrogen-bond donors (Lipinski definition) is 1. The number of benzene rings is 2. The highest BCUT2D eigenvalue weighted by Crippen LogP contribution is 2.26. The normalized spacial score (nSPS) is 11.9. The third-order valence-corrected chi connectivity index (χ3v) is 3.65. The van der Waals surface area contributed by atoms with Crippen molar-refractivity contribution in [2.24, 2.45) is 5.73 Å². The summed E-state index contributed by atoms with van der Waals surface area (Å²) in [6.07, 6.45) is 2.81. The summed E-state index contributed by atoms with van der Waals surface area (Å²) in [6.45, 7) is 7.95. The molecule has 2 aromatic rings. The minimum atomic E-state index is 0.862. The minimum absolute atomic E-state index is 0.862. The summed E-state index contributed by atoms with van der Waals surface area (Å²) in [6, 6.07) is 16.8. The van der Waals surface area contributed by atoms with Crippen LogP contribution in [0.3, 0.4) is 0 Å². The monoisotopic (exact) mass is 263 g/mol. The standard InChI is InChI=1S/C19H21N/c1-4-17-11-8-12-18(14(2)15(3)20)19(17)13-16-9-6-5-7-10-16/h4-12H,1,13,20H2,2-3H3. The molecule has 0 amide bonds. The van der Waals surface area contributed by atoms with E-state index in [0.29, 0.717) is 0 Å². The Balaban J connectivity index is 2.54. The van der Waals surface area contributed by atoms with E-state index in [1.54, 1.807) is 0 Å². The summed E-state index contributed by atoms with van der Waals surface area (Å²) in [4.78, 5) is 0. The molecule has 0 aliphatic heterocycles. The molecule has 0 aliphatic carbocycles. The Kier molecular flexibility index (Phi) is 4.41. The van der Waals surface area contributed by atoms with Gasteiger partial charge in [-0.15, -0.1) is 0 Å². The molecule has 102 valence electrons. The molecule has 0 spiro atoms. The Bertz CT molecular complexity index is 632. The maximum atomic E-state index is 5.98. The first-order chi connectivity index (χ1) is 9.63. The Morgan fingerprint density at radius 1 is 1.05 bits per heavy atom. The van der Waals surface area contributed by atoms with Crippen molar-refractivity contribution in [3.8, 4) is 0 Å². The van der Waals surface area contributed by atoms with Crippen molar-refractivity contribution >= 4 is 11.6 Å². The average molecular weight is 263 g/mol. The zero-order valence-corrected chi connectivity index (χ0v) is 12.2. The van der Waals surface area contributed by atoms with Crippen molar-refractivity contribution in [1.29, 1.82) is 0 Å². The number of allylic oxidation sites excluding steroid dienone is 2. The van der Waals surface area contributed by atoms with Crippen molar-refractivity contribution in [2.75, 3.05) is 0 Å². The second-order valence-electron chi connectivity index (χ2n) is 5.05. The molecule has 0 radical (unpaired) electrons. The van der Waals surface area contributed by atoms with Crippen LogP contribution in [0.5, 0.6) is 0 Å². The quantitative estimate of drug-likeness (QED) is 0.855. The zero-order valence-electron chi connectivity index (χ0n) is 12.2. The van der Waals surface area contributed by atoms with E-state index in [9.17, 15) is 0 Å². The van der Waals surface area contributed by atoms with E-state index in [2.05, 4.69) is 56.0 Å². The van der Waals surface area contributed by atoms with Gasteiger partial charge in [0.15, 0.2) is 0 Å². The second-order valence-corrected chi connectivity index (χ2v) is 5.05. The third-order valence-electron chi connectivity index (χ3n) is 3.65. The largest absolute Gasteiger partial charge is 0.402 e. The first-order valence-electron chi connectivity index (χ1n) is 6.85. The van der Waals surface area contributed by atoms with Crippen molar-refractivity contribution in [3.05, 3.63) is 83.1 Å². The van der Waals surface area contributed by atoms with Crippen molar-refractivity contribution < 1.29 is 0 Å². The smallest absolute Gasteiger partial charge is 0.00847 e. The molecule has 0 atom stereocenters. The summed E-state index contributed by atoms with van der Waals surface area (Å²) >= 11 is 0. The Hall–Kier alpha value is -2.28. The second kappa shape index (κ2) is 6.25. The van der Waals surface area contributed by atoms with Crippen LogP contribution >= 0.6 is 0 Å². The van der Waals surface area contributed by atoms with E-state index in [4.69, 9.17) is 5.73 Å². The highest BCUT2D eigenvalue weighted by Gasteiger charge is 2.10. The summed E-state index contributed by atoms with van der Waals surface area (Å²) in [7, 11) is 0. The molecule has 0 heterocycles. The van der Waals surface area contributed by atoms with E-state index < -0.39 is 0 Å². The van der Waals surface area contributed by atoms with Gasteiger partial charge in [0.25, 0.3) is 0 Å². The molecule has 2 rings (SSSR count). The van der Waals surface area contributed by atoms with Crippen LogP contribution in [0.15, 0.2) is 60.8 Å². The van der Waals surface area contributed by atoms with Gasteiger partial charge in [-0.05, 0) is 48.1 Å². The molecule has 1 heteroatoms. The van der Waals surface area contributed by atoms with Gasteiger partial charge in [0.1, 0.15) is 0 Å². The third kappa shape index (κ3) is 3.00. The highest BCUT2D eigenvalue weighted by atomic mass is 14.6. The Morgan fingerprint density at radius 3 is 2.35 bits per heavy atom. The Morgan fingerprint density at radius 2 is 1.75 bits per heavy atom. The number of hydrogen-bond acceptors (Lipinski definition) is 1. The lowest BCUT2D eigenvalue weighted by molar-refractivity contribution is 1.16. The molecule has 0 fully saturated rings. The van der Waals surface area contributed by atoms with Crippen molar-refractivity contribution in [2.45, 2.75) is 20.3 Å². The molecule has 2 N–H and O–H groups in total. The molecular weight excluding hydrogens is 242 g/mol. The van der Waals surface area contributed by atoms with Crippen LogP contribution in [-0.2, 0) is 6.42 Å². The molecule has 1 nitrogen and oxygen atoms in total. The van der Waals surface area contributed by atoms with E-state index in [-0.39, 0.29) is 0 Å². The lowest BCUT2D eigenvalue weighted by atomic mass is 9.91. The molecule has 0 aromatic heterocycles. The van der Waals surface area contributed by atoms with Crippen LogP contribution in [0.1, 0.15) is 36.1 Å². The summed E-state index contributed by atoms with van der Waals surface area (Å²) < 4.78 is 0. The van der Waals surface area contributed by atoms with Gasteiger partial charge < -0.3 is 5.73 Å². The van der Waals surface area contributed by atoms with Gasteiger partial charge in [0.2, 0.25) is 0 Å². The van der Waals surface area contributed by atoms with Gasteiger partial charge in [0, 0.05) is 5.70 Å². The first-order valence-corrected chi connectivity index (χ1v) is 6.85. The molecule has 20 heavy (non-hydrogen) atoms. The SMILES string of the molecule is C=Cc1cccc(C(C)=C(C)N)c1Cc1ccccc1. The van der Waals surface area contributed by atoms with Crippen LogP contribution in [-0.4, -0.2) is 0 Å². The van der Waals surface area contributed by atoms with Crippen LogP contribution < -0.4 is 5.73 Å². The fourth-order valence-corrected chi connectivity index (χ4v) is 2.36. The minimum Gasteiger partial charge on any atom is -0.402 e. The topological polar surface area (TPSA) is 26.0 Å². The van der Waals surface area contributed by atoms with Gasteiger partial charge in [-0.2, -0.15) is 0 Å². The predicted molar refractivity (Wildman–Crippen MR) is 88.2 cm³/mol. The average Bonchev–Trinajstić information content (AvgIpc) is 2.47. The fourth-order valence-electron chi connectivity index (χ4n) is 2.36. The molecular formula is C19H21N. The van der Waals surface area contributed by atoms with Crippen molar-refractivity contribution in [3.63, 3.8) is 0 Å². The molecule has 0 unspecified atom stereocenters. The zero-order chi connectivity index (χ0) is 14.5. The first kappa shape index (κ1) is 14.1. The van der Waals surface area contributed by atoms with Crippen LogP contribution in [0.4, 0.5) is 0 Å². The van der Waals surface area contributed by atoms with E-state index >= 15 is 0 Å². The summed E-state index contributed by atoms with van der Waals surface area (Å²) in [5.41, 5.74) is 12.9. The molecule has 0 saturated carbocycles. The van der Waals surface area contributed by atoms with E-state index in [1.807, 2.05) is 19.1 Å². The fraction of sp³-hybridized carbons (Fsp3) is 0.158. The van der Waals surface area contributed by atoms with Crippen LogP contribution in [0.25, 0.3) is 11.6 Å².